The lowest BCUT2D eigenvalue weighted by atomic mass is 10.1. The summed E-state index contributed by atoms with van der Waals surface area (Å²) in [6.07, 6.45) is 2.09. The van der Waals surface area contributed by atoms with Crippen molar-refractivity contribution < 1.29 is 14.3 Å². The number of hydrogen-bond donors (Lipinski definition) is 1. The third kappa shape index (κ3) is 2.03. The fourth-order valence-electron chi connectivity index (χ4n) is 2.54. The van der Waals surface area contributed by atoms with E-state index in [1.807, 2.05) is 11.6 Å². The zero-order valence-electron chi connectivity index (χ0n) is 10.6. The molecule has 0 spiro atoms. The van der Waals surface area contributed by atoms with Crippen LogP contribution in [-0.4, -0.2) is 15.6 Å². The van der Waals surface area contributed by atoms with Crippen LogP contribution in [0.5, 0.6) is 0 Å². The van der Waals surface area contributed by atoms with Crippen molar-refractivity contribution in [3.63, 3.8) is 0 Å². The predicted octanol–water partition coefficient (Wildman–Crippen LogP) is 3.41. The normalized spacial score (nSPS) is 14.6. The molecular weight excluding hydrogens is 245 g/mol. The van der Waals surface area contributed by atoms with E-state index in [0.717, 1.165) is 29.8 Å². The highest BCUT2D eigenvalue weighted by Gasteiger charge is 2.32. The van der Waals surface area contributed by atoms with Gasteiger partial charge in [-0.15, -0.1) is 0 Å². The van der Waals surface area contributed by atoms with Crippen molar-refractivity contribution in [3.05, 3.63) is 47.4 Å². The fourth-order valence-corrected chi connectivity index (χ4v) is 2.54. The second-order valence-corrected chi connectivity index (χ2v) is 4.97. The Labute approximate surface area is 110 Å². The molecule has 1 aliphatic rings. The molecule has 0 unspecified atom stereocenters. The lowest BCUT2D eigenvalue weighted by Gasteiger charge is -2.07. The molecule has 3 rings (SSSR count). The van der Waals surface area contributed by atoms with Crippen LogP contribution in [0.15, 0.2) is 30.3 Å². The van der Waals surface area contributed by atoms with Gasteiger partial charge in [0.05, 0.1) is 5.56 Å². The highest BCUT2D eigenvalue weighted by Crippen LogP contribution is 2.43. The summed E-state index contributed by atoms with van der Waals surface area (Å²) in [4.78, 5) is 11.3. The number of halogens is 1. The van der Waals surface area contributed by atoms with Crippen LogP contribution in [0.4, 0.5) is 4.39 Å². The summed E-state index contributed by atoms with van der Waals surface area (Å²) in [6, 6.07) is 7.81. The van der Waals surface area contributed by atoms with Crippen LogP contribution in [0.1, 0.15) is 34.8 Å². The van der Waals surface area contributed by atoms with Gasteiger partial charge in [-0.3, -0.25) is 0 Å². The van der Waals surface area contributed by atoms with Crippen molar-refractivity contribution in [2.45, 2.75) is 18.8 Å². The topological polar surface area (TPSA) is 42.2 Å². The van der Waals surface area contributed by atoms with Crippen molar-refractivity contribution in [2.75, 3.05) is 0 Å². The minimum Gasteiger partial charge on any atom is -0.478 e. The molecule has 0 atom stereocenters. The molecule has 0 bridgehead atoms. The molecular formula is C15H14FNO2. The zero-order chi connectivity index (χ0) is 13.6. The minimum absolute atomic E-state index is 0.293. The summed E-state index contributed by atoms with van der Waals surface area (Å²) in [5.41, 5.74) is 2.90. The third-order valence-electron chi connectivity index (χ3n) is 3.61. The highest BCUT2D eigenvalue weighted by atomic mass is 19.1. The van der Waals surface area contributed by atoms with E-state index in [1.54, 1.807) is 18.2 Å². The van der Waals surface area contributed by atoms with Gasteiger partial charge in [-0.05, 0) is 48.7 Å². The van der Waals surface area contributed by atoms with Gasteiger partial charge in [0.15, 0.2) is 0 Å². The quantitative estimate of drug-likeness (QED) is 0.917. The Hall–Kier alpha value is -2.10. The van der Waals surface area contributed by atoms with Crippen LogP contribution in [0.25, 0.3) is 11.3 Å². The molecule has 1 aliphatic carbocycles. The van der Waals surface area contributed by atoms with E-state index in [4.69, 9.17) is 0 Å². The van der Waals surface area contributed by atoms with E-state index in [2.05, 4.69) is 0 Å². The molecule has 0 radical (unpaired) electrons. The third-order valence-corrected chi connectivity index (χ3v) is 3.61. The van der Waals surface area contributed by atoms with Crippen molar-refractivity contribution in [1.29, 1.82) is 0 Å². The molecule has 1 fully saturated rings. The maximum Gasteiger partial charge on any atom is 0.337 e. The Bertz CT molecular complexity index is 639. The van der Waals surface area contributed by atoms with E-state index in [1.165, 1.54) is 12.1 Å². The molecule has 1 heterocycles. The molecule has 1 aromatic heterocycles. The largest absolute Gasteiger partial charge is 0.478 e. The second kappa shape index (κ2) is 4.23. The van der Waals surface area contributed by atoms with Gasteiger partial charge in [0.2, 0.25) is 0 Å². The van der Waals surface area contributed by atoms with Gasteiger partial charge in [-0.1, -0.05) is 0 Å². The molecule has 0 saturated heterocycles. The van der Waals surface area contributed by atoms with Gasteiger partial charge in [0, 0.05) is 24.4 Å². The number of nitrogens with zero attached hydrogens (tertiary/aromatic N) is 1. The molecule has 1 N–H and O–H groups in total. The number of carboxylic acids is 1. The molecule has 98 valence electrons. The van der Waals surface area contributed by atoms with Crippen molar-refractivity contribution in [3.8, 4) is 11.3 Å². The Balaban J connectivity index is 2.14. The van der Waals surface area contributed by atoms with E-state index >= 15 is 0 Å². The molecule has 0 aliphatic heterocycles. The lowest BCUT2D eigenvalue weighted by molar-refractivity contribution is 0.0695. The number of aromatic nitrogens is 1. The maximum atomic E-state index is 13.0. The number of hydrogen-bond acceptors (Lipinski definition) is 1. The summed E-state index contributed by atoms with van der Waals surface area (Å²) < 4.78 is 14.9. The average molecular weight is 259 g/mol. The van der Waals surface area contributed by atoms with Crippen LogP contribution in [0, 0.1) is 5.82 Å². The van der Waals surface area contributed by atoms with Crippen LogP contribution >= 0.6 is 0 Å². The van der Waals surface area contributed by atoms with Gasteiger partial charge in [-0.25, -0.2) is 9.18 Å². The molecule has 1 saturated carbocycles. The number of rotatable bonds is 3. The number of benzene rings is 1. The molecule has 4 heteroatoms. The summed E-state index contributed by atoms with van der Waals surface area (Å²) in [5, 5.41) is 9.30. The first-order valence-electron chi connectivity index (χ1n) is 6.27. The average Bonchev–Trinajstić information content (AvgIpc) is 3.14. The van der Waals surface area contributed by atoms with Gasteiger partial charge < -0.3 is 9.67 Å². The van der Waals surface area contributed by atoms with E-state index in [9.17, 15) is 14.3 Å². The lowest BCUT2D eigenvalue weighted by Crippen LogP contribution is -2.03. The Morgan fingerprint density at radius 3 is 2.47 bits per heavy atom. The smallest absolute Gasteiger partial charge is 0.337 e. The second-order valence-electron chi connectivity index (χ2n) is 4.97. The minimum atomic E-state index is -0.897. The fraction of sp³-hybridized carbons (Fsp3) is 0.267. The first-order valence-corrected chi connectivity index (χ1v) is 6.27. The van der Waals surface area contributed by atoms with Crippen LogP contribution in [0.2, 0.25) is 0 Å². The van der Waals surface area contributed by atoms with Crippen LogP contribution in [-0.2, 0) is 7.05 Å². The predicted molar refractivity (Wildman–Crippen MR) is 69.7 cm³/mol. The number of carbonyl (C=O) groups is 1. The number of aromatic carboxylic acids is 1. The molecule has 1 aromatic carbocycles. The SMILES string of the molecule is Cn1c(-c2ccc(F)cc2)cc(C(=O)O)c1C1CC1. The van der Waals surface area contributed by atoms with Crippen LogP contribution in [0.3, 0.4) is 0 Å². The monoisotopic (exact) mass is 259 g/mol. The molecule has 19 heavy (non-hydrogen) atoms. The summed E-state index contributed by atoms with van der Waals surface area (Å²) in [6.45, 7) is 0. The van der Waals surface area contributed by atoms with E-state index < -0.39 is 5.97 Å². The summed E-state index contributed by atoms with van der Waals surface area (Å²) in [7, 11) is 1.87. The van der Waals surface area contributed by atoms with Crippen molar-refractivity contribution in [1.82, 2.24) is 4.57 Å². The van der Waals surface area contributed by atoms with Crippen LogP contribution < -0.4 is 0 Å². The van der Waals surface area contributed by atoms with Gasteiger partial charge in [-0.2, -0.15) is 0 Å². The first-order chi connectivity index (χ1) is 9.08. The standard InChI is InChI=1S/C15H14FNO2/c1-17-13(9-4-6-11(16)7-5-9)8-12(15(18)19)14(17)10-2-3-10/h4-8,10H,2-3H2,1H3,(H,18,19). The number of carboxylic acid groups (broad SMARTS) is 1. The Morgan fingerprint density at radius 2 is 1.95 bits per heavy atom. The summed E-state index contributed by atoms with van der Waals surface area (Å²) >= 11 is 0. The van der Waals surface area contributed by atoms with E-state index in [-0.39, 0.29) is 5.82 Å². The summed E-state index contributed by atoms with van der Waals surface area (Å²) in [5.74, 6) is -0.838. The van der Waals surface area contributed by atoms with Gasteiger partial charge >= 0.3 is 5.97 Å². The van der Waals surface area contributed by atoms with Gasteiger partial charge in [0.25, 0.3) is 0 Å². The van der Waals surface area contributed by atoms with Gasteiger partial charge in [0.1, 0.15) is 5.82 Å². The maximum absolute atomic E-state index is 13.0. The molecule has 2 aromatic rings. The van der Waals surface area contributed by atoms with E-state index in [0.29, 0.717) is 11.5 Å². The molecule has 3 nitrogen and oxygen atoms in total. The van der Waals surface area contributed by atoms with Crippen molar-refractivity contribution in [2.24, 2.45) is 7.05 Å². The first kappa shape index (κ1) is 12.0. The molecule has 0 amide bonds. The van der Waals surface area contributed by atoms with Crippen molar-refractivity contribution >= 4 is 5.97 Å². The Morgan fingerprint density at radius 1 is 1.32 bits per heavy atom. The zero-order valence-corrected chi connectivity index (χ0v) is 10.6. The Kier molecular flexibility index (Phi) is 2.66. The highest BCUT2D eigenvalue weighted by molar-refractivity contribution is 5.91.